The predicted octanol–water partition coefficient (Wildman–Crippen LogP) is 3.55. The van der Waals surface area contributed by atoms with E-state index in [0.717, 1.165) is 5.69 Å². The first-order valence-electron chi connectivity index (χ1n) is 5.57. The van der Waals surface area contributed by atoms with E-state index >= 15 is 0 Å². The number of nitrogens with two attached hydrogens (primary N) is 1. The maximum Gasteiger partial charge on any atom is 0.139 e. The Balaban J connectivity index is 2.28. The molecule has 0 heterocycles. The van der Waals surface area contributed by atoms with Crippen LogP contribution in [0.15, 0.2) is 16.6 Å². The van der Waals surface area contributed by atoms with Gasteiger partial charge in [0.15, 0.2) is 0 Å². The summed E-state index contributed by atoms with van der Waals surface area (Å²) in [6, 6.07) is 3.69. The Morgan fingerprint density at radius 2 is 2.00 bits per heavy atom. The van der Waals surface area contributed by atoms with E-state index in [9.17, 15) is 4.39 Å². The van der Waals surface area contributed by atoms with Gasteiger partial charge in [-0.2, -0.15) is 0 Å². The summed E-state index contributed by atoms with van der Waals surface area (Å²) in [6.07, 6.45) is 4.95. The second-order valence-electron chi connectivity index (χ2n) is 4.37. The van der Waals surface area contributed by atoms with Gasteiger partial charge in [0.25, 0.3) is 0 Å². The molecule has 88 valence electrons. The minimum Gasteiger partial charge on any atom is -0.397 e. The van der Waals surface area contributed by atoms with Gasteiger partial charge in [0.2, 0.25) is 0 Å². The Morgan fingerprint density at radius 1 is 1.38 bits per heavy atom. The maximum absolute atomic E-state index is 13.3. The zero-order valence-electron chi connectivity index (χ0n) is 9.34. The Bertz CT molecular complexity index is 389. The van der Waals surface area contributed by atoms with Gasteiger partial charge in [0.05, 0.1) is 15.8 Å². The quantitative estimate of drug-likeness (QED) is 0.843. The van der Waals surface area contributed by atoms with E-state index in [4.69, 9.17) is 5.73 Å². The lowest BCUT2D eigenvalue weighted by Crippen LogP contribution is -2.29. The highest BCUT2D eigenvalue weighted by Gasteiger charge is 2.21. The van der Waals surface area contributed by atoms with Crippen LogP contribution in [0.25, 0.3) is 0 Å². The van der Waals surface area contributed by atoms with Crippen LogP contribution in [0.1, 0.15) is 25.7 Å². The summed E-state index contributed by atoms with van der Waals surface area (Å²) in [5.74, 6) is -0.305. The van der Waals surface area contributed by atoms with Crippen LogP contribution in [0.4, 0.5) is 15.8 Å². The predicted molar refractivity (Wildman–Crippen MR) is 69.2 cm³/mol. The largest absolute Gasteiger partial charge is 0.397 e. The second kappa shape index (κ2) is 4.62. The average molecular weight is 287 g/mol. The molecule has 1 saturated carbocycles. The molecule has 1 aromatic carbocycles. The zero-order valence-corrected chi connectivity index (χ0v) is 10.9. The van der Waals surface area contributed by atoms with Crippen molar-refractivity contribution in [3.63, 3.8) is 0 Å². The standard InChI is InChI=1S/C12H16BrFN2/c1-16(8-4-2-3-5-8)12-6-9(13)10(14)7-11(12)15/h6-8H,2-5,15H2,1H3. The summed E-state index contributed by atoms with van der Waals surface area (Å²) in [7, 11) is 2.03. The first-order chi connectivity index (χ1) is 7.59. The van der Waals surface area contributed by atoms with Crippen molar-refractivity contribution in [3.05, 3.63) is 22.4 Å². The third-order valence-corrected chi connectivity index (χ3v) is 3.93. The number of rotatable bonds is 2. The summed E-state index contributed by atoms with van der Waals surface area (Å²) < 4.78 is 13.7. The van der Waals surface area contributed by atoms with Gasteiger partial charge in [0, 0.05) is 19.2 Å². The lowest BCUT2D eigenvalue weighted by Gasteiger charge is -2.28. The molecule has 16 heavy (non-hydrogen) atoms. The van der Waals surface area contributed by atoms with Gasteiger partial charge in [-0.1, -0.05) is 12.8 Å². The molecule has 4 heteroatoms. The van der Waals surface area contributed by atoms with Crippen molar-refractivity contribution in [3.8, 4) is 0 Å². The number of hydrogen-bond acceptors (Lipinski definition) is 2. The van der Waals surface area contributed by atoms with Crippen molar-refractivity contribution in [2.75, 3.05) is 17.7 Å². The Morgan fingerprint density at radius 3 is 2.62 bits per heavy atom. The van der Waals surface area contributed by atoms with Crippen LogP contribution in [-0.4, -0.2) is 13.1 Å². The third kappa shape index (κ3) is 2.17. The van der Waals surface area contributed by atoms with Crippen molar-refractivity contribution in [1.29, 1.82) is 0 Å². The van der Waals surface area contributed by atoms with Crippen LogP contribution < -0.4 is 10.6 Å². The van der Waals surface area contributed by atoms with Gasteiger partial charge in [-0.15, -0.1) is 0 Å². The molecule has 0 radical (unpaired) electrons. The van der Waals surface area contributed by atoms with Gasteiger partial charge in [0.1, 0.15) is 5.82 Å². The summed E-state index contributed by atoms with van der Waals surface area (Å²) >= 11 is 3.20. The first kappa shape index (κ1) is 11.7. The highest BCUT2D eigenvalue weighted by molar-refractivity contribution is 9.10. The summed E-state index contributed by atoms with van der Waals surface area (Å²) in [5.41, 5.74) is 7.28. The normalized spacial score (nSPS) is 16.7. The monoisotopic (exact) mass is 286 g/mol. The molecular formula is C12H16BrFN2. The van der Waals surface area contributed by atoms with Gasteiger partial charge in [-0.05, 0) is 34.8 Å². The van der Waals surface area contributed by atoms with Crippen molar-refractivity contribution in [1.82, 2.24) is 0 Å². The van der Waals surface area contributed by atoms with E-state index in [1.54, 1.807) is 6.07 Å². The number of hydrogen-bond donors (Lipinski definition) is 1. The van der Waals surface area contributed by atoms with Gasteiger partial charge in [-0.25, -0.2) is 4.39 Å². The van der Waals surface area contributed by atoms with Crippen molar-refractivity contribution in [2.24, 2.45) is 0 Å². The minimum absolute atomic E-state index is 0.305. The molecule has 0 aliphatic heterocycles. The van der Waals surface area contributed by atoms with E-state index in [1.165, 1.54) is 31.7 Å². The molecular weight excluding hydrogens is 271 g/mol. The number of halogens is 2. The van der Waals surface area contributed by atoms with E-state index in [2.05, 4.69) is 20.8 Å². The molecule has 0 amide bonds. The van der Waals surface area contributed by atoms with E-state index in [0.29, 0.717) is 16.2 Å². The number of benzene rings is 1. The van der Waals surface area contributed by atoms with Crippen molar-refractivity contribution in [2.45, 2.75) is 31.7 Å². The Hall–Kier alpha value is -0.770. The average Bonchev–Trinajstić information content (AvgIpc) is 2.75. The molecule has 0 aromatic heterocycles. The zero-order chi connectivity index (χ0) is 11.7. The van der Waals surface area contributed by atoms with Gasteiger partial charge < -0.3 is 10.6 Å². The van der Waals surface area contributed by atoms with Crippen molar-refractivity contribution < 1.29 is 4.39 Å². The van der Waals surface area contributed by atoms with E-state index in [1.807, 2.05) is 7.05 Å². The summed E-state index contributed by atoms with van der Waals surface area (Å²) in [5, 5.41) is 0. The fourth-order valence-electron chi connectivity index (χ4n) is 2.35. The molecule has 1 aromatic rings. The molecule has 2 N–H and O–H groups in total. The van der Waals surface area contributed by atoms with Gasteiger partial charge >= 0.3 is 0 Å². The summed E-state index contributed by atoms with van der Waals surface area (Å²) in [6.45, 7) is 0. The van der Waals surface area contributed by atoms with Crippen LogP contribution >= 0.6 is 15.9 Å². The van der Waals surface area contributed by atoms with Crippen LogP contribution in [0, 0.1) is 5.82 Å². The topological polar surface area (TPSA) is 29.3 Å². The highest BCUT2D eigenvalue weighted by Crippen LogP contribution is 2.33. The van der Waals surface area contributed by atoms with Crippen LogP contribution in [0.3, 0.4) is 0 Å². The third-order valence-electron chi connectivity index (χ3n) is 3.32. The number of nitrogen functional groups attached to an aromatic ring is 1. The van der Waals surface area contributed by atoms with Gasteiger partial charge in [-0.3, -0.25) is 0 Å². The molecule has 2 rings (SSSR count). The van der Waals surface area contributed by atoms with E-state index in [-0.39, 0.29) is 5.82 Å². The van der Waals surface area contributed by atoms with E-state index < -0.39 is 0 Å². The Kier molecular flexibility index (Phi) is 3.38. The smallest absolute Gasteiger partial charge is 0.139 e. The lowest BCUT2D eigenvalue weighted by molar-refractivity contribution is 0.619. The molecule has 0 spiro atoms. The number of nitrogens with zero attached hydrogens (tertiary/aromatic N) is 1. The molecule has 1 aliphatic rings. The second-order valence-corrected chi connectivity index (χ2v) is 5.23. The molecule has 0 bridgehead atoms. The molecule has 2 nitrogen and oxygen atoms in total. The SMILES string of the molecule is CN(c1cc(Br)c(F)cc1N)C1CCCC1. The fraction of sp³-hybridized carbons (Fsp3) is 0.500. The molecule has 1 fully saturated rings. The minimum atomic E-state index is -0.305. The van der Waals surface area contributed by atoms with Crippen LogP contribution in [-0.2, 0) is 0 Å². The molecule has 0 unspecified atom stereocenters. The molecule has 0 atom stereocenters. The Labute approximate surface area is 104 Å². The van der Waals surface area contributed by atoms with Crippen molar-refractivity contribution >= 4 is 27.3 Å². The first-order valence-corrected chi connectivity index (χ1v) is 6.36. The van der Waals surface area contributed by atoms with Crippen LogP contribution in [0.5, 0.6) is 0 Å². The van der Waals surface area contributed by atoms with Crippen LogP contribution in [0.2, 0.25) is 0 Å². The molecule has 1 aliphatic carbocycles. The molecule has 0 saturated heterocycles. The maximum atomic E-state index is 13.3. The lowest BCUT2D eigenvalue weighted by atomic mass is 10.1. The highest BCUT2D eigenvalue weighted by atomic mass is 79.9. The fourth-order valence-corrected chi connectivity index (χ4v) is 2.68. The summed E-state index contributed by atoms with van der Waals surface area (Å²) in [4.78, 5) is 2.17. The number of anilines is 2.